The highest BCUT2D eigenvalue weighted by molar-refractivity contribution is 7.92. The maximum absolute atomic E-state index is 12.8. The monoisotopic (exact) mass is 583 g/mol. The summed E-state index contributed by atoms with van der Waals surface area (Å²) in [5.41, 5.74) is 0.717. The molecule has 0 radical (unpaired) electrons. The van der Waals surface area contributed by atoms with Crippen LogP contribution in [-0.4, -0.2) is 69.7 Å². The largest absolute Gasteiger partial charge is 0.495 e. The summed E-state index contributed by atoms with van der Waals surface area (Å²) in [6.45, 7) is 3.62. The molecule has 0 aliphatic rings. The quantitative estimate of drug-likeness (QED) is 0.219. The van der Waals surface area contributed by atoms with Crippen LogP contribution in [0.25, 0.3) is 0 Å². The van der Waals surface area contributed by atoms with Gasteiger partial charge >= 0.3 is 0 Å². The second-order valence-corrected chi connectivity index (χ2v) is 13.4. The zero-order chi connectivity index (χ0) is 27.9. The number of benzene rings is 2. The average Bonchev–Trinajstić information content (AvgIpc) is 2.89. The minimum atomic E-state index is -3.59. The van der Waals surface area contributed by atoms with Crippen molar-refractivity contribution >= 4 is 54.4 Å². The number of hydrogen-bond acceptors (Lipinski definition) is 11. The van der Waals surface area contributed by atoms with Crippen molar-refractivity contribution in [3.63, 3.8) is 0 Å². The van der Waals surface area contributed by atoms with Crippen LogP contribution < -0.4 is 20.7 Å². The highest BCUT2D eigenvalue weighted by atomic mass is 35.5. The Morgan fingerprint density at radius 2 is 1.76 bits per heavy atom. The molecule has 1 aromatic heterocycles. The fourth-order valence-electron chi connectivity index (χ4n) is 3.33. The summed E-state index contributed by atoms with van der Waals surface area (Å²) < 4.78 is 56.3. The van der Waals surface area contributed by atoms with Crippen LogP contribution in [0, 0.1) is 0 Å². The Labute approximate surface area is 227 Å². The number of aromatic nitrogens is 2. The molecule has 14 heteroatoms. The molecule has 0 atom stereocenters. The van der Waals surface area contributed by atoms with E-state index in [9.17, 15) is 16.8 Å². The van der Waals surface area contributed by atoms with Crippen molar-refractivity contribution < 1.29 is 26.7 Å². The van der Waals surface area contributed by atoms with Gasteiger partial charge in [-0.2, -0.15) is 4.98 Å². The van der Waals surface area contributed by atoms with E-state index >= 15 is 0 Å². The topological polar surface area (TPSA) is 160 Å². The number of rotatable bonds is 13. The number of methoxy groups -OCH3 is 1. The molecule has 0 fully saturated rings. The van der Waals surface area contributed by atoms with Crippen molar-refractivity contribution in [2.75, 3.05) is 43.2 Å². The van der Waals surface area contributed by atoms with Crippen LogP contribution in [0.2, 0.25) is 5.02 Å². The molecule has 0 spiro atoms. The van der Waals surface area contributed by atoms with E-state index in [0.717, 1.165) is 0 Å². The molecule has 2 aromatic carbocycles. The first-order valence-corrected chi connectivity index (χ1v) is 15.2. The van der Waals surface area contributed by atoms with E-state index in [1.165, 1.54) is 37.6 Å². The van der Waals surface area contributed by atoms with Gasteiger partial charge in [0.2, 0.25) is 5.95 Å². The van der Waals surface area contributed by atoms with Crippen LogP contribution in [-0.2, 0) is 19.7 Å². The normalized spacial score (nSPS) is 11.9. The Morgan fingerprint density at radius 1 is 1.03 bits per heavy atom. The number of aliphatic hydroxyl groups is 1. The number of hydrogen-bond donors (Lipinski definition) is 4. The van der Waals surface area contributed by atoms with Crippen molar-refractivity contribution in [3.05, 3.63) is 53.7 Å². The SMILES string of the molecule is COc1cc(S(=O)(=O)CCNCCO)ccc1Nc1ncc(Cl)c(Nc2ccccc2S(=O)(=O)C(C)C)n1. The average molecular weight is 584 g/mol. The van der Waals surface area contributed by atoms with E-state index in [1.807, 2.05) is 0 Å². The highest BCUT2D eigenvalue weighted by Gasteiger charge is 2.23. The first-order chi connectivity index (χ1) is 18.0. The molecular formula is C24H30ClN5O6S2. The Balaban J connectivity index is 1.86. The van der Waals surface area contributed by atoms with Crippen LogP contribution >= 0.6 is 11.6 Å². The van der Waals surface area contributed by atoms with Crippen LogP contribution in [0.3, 0.4) is 0 Å². The predicted molar refractivity (Wildman–Crippen MR) is 147 cm³/mol. The summed E-state index contributed by atoms with van der Waals surface area (Å²) in [5, 5.41) is 17.2. The summed E-state index contributed by atoms with van der Waals surface area (Å²) >= 11 is 6.29. The molecule has 0 amide bonds. The molecule has 3 aromatic rings. The van der Waals surface area contributed by atoms with Crippen LogP contribution in [0.5, 0.6) is 5.75 Å². The molecule has 4 N–H and O–H groups in total. The number of halogens is 1. The van der Waals surface area contributed by atoms with Crippen LogP contribution in [0.1, 0.15) is 13.8 Å². The number of aliphatic hydroxyl groups excluding tert-OH is 1. The molecule has 0 aliphatic heterocycles. The second-order valence-electron chi connectivity index (χ2n) is 8.38. The van der Waals surface area contributed by atoms with E-state index in [4.69, 9.17) is 21.4 Å². The maximum atomic E-state index is 12.8. The lowest BCUT2D eigenvalue weighted by Crippen LogP contribution is -2.25. The number of sulfone groups is 2. The van der Waals surface area contributed by atoms with Crippen molar-refractivity contribution in [2.45, 2.75) is 28.9 Å². The van der Waals surface area contributed by atoms with E-state index < -0.39 is 24.9 Å². The Kier molecular flexibility index (Phi) is 9.90. The molecule has 0 saturated carbocycles. The lowest BCUT2D eigenvalue weighted by atomic mass is 10.3. The summed E-state index contributed by atoms with van der Waals surface area (Å²) in [7, 11) is -5.77. The highest BCUT2D eigenvalue weighted by Crippen LogP contribution is 2.33. The van der Waals surface area contributed by atoms with E-state index in [-0.39, 0.29) is 51.2 Å². The number of ether oxygens (including phenoxy) is 1. The smallest absolute Gasteiger partial charge is 0.229 e. The van der Waals surface area contributed by atoms with Gasteiger partial charge in [0.25, 0.3) is 0 Å². The summed E-state index contributed by atoms with van der Waals surface area (Å²) in [6, 6.07) is 10.8. The second kappa shape index (κ2) is 12.7. The lowest BCUT2D eigenvalue weighted by molar-refractivity contribution is 0.293. The molecule has 11 nitrogen and oxygen atoms in total. The van der Waals surface area contributed by atoms with Gasteiger partial charge < -0.3 is 25.8 Å². The molecule has 0 aliphatic carbocycles. The van der Waals surface area contributed by atoms with E-state index in [1.54, 1.807) is 32.0 Å². The van der Waals surface area contributed by atoms with E-state index in [2.05, 4.69) is 25.9 Å². The third-order valence-corrected chi connectivity index (χ3v) is 9.63. The number of nitrogens with one attached hydrogen (secondary N) is 3. The van der Waals surface area contributed by atoms with Gasteiger partial charge in [0.05, 0.1) is 52.1 Å². The zero-order valence-electron chi connectivity index (χ0n) is 21.1. The van der Waals surface area contributed by atoms with Crippen molar-refractivity contribution in [3.8, 4) is 5.75 Å². The predicted octanol–water partition coefficient (Wildman–Crippen LogP) is 3.16. The molecule has 0 bridgehead atoms. The van der Waals surface area contributed by atoms with Crippen molar-refractivity contribution in [2.24, 2.45) is 0 Å². The molecule has 0 saturated heterocycles. The first-order valence-electron chi connectivity index (χ1n) is 11.6. The van der Waals surface area contributed by atoms with Crippen molar-refractivity contribution in [1.82, 2.24) is 15.3 Å². The van der Waals surface area contributed by atoms with Gasteiger partial charge in [-0.15, -0.1) is 0 Å². The lowest BCUT2D eigenvalue weighted by Gasteiger charge is -2.16. The fraction of sp³-hybridized carbons (Fsp3) is 0.333. The Bertz CT molecular complexity index is 1480. The molecule has 206 valence electrons. The maximum Gasteiger partial charge on any atom is 0.229 e. The Hall–Kier alpha value is -2.97. The van der Waals surface area contributed by atoms with Gasteiger partial charge in [0, 0.05) is 19.2 Å². The molecule has 38 heavy (non-hydrogen) atoms. The van der Waals surface area contributed by atoms with Gasteiger partial charge in [-0.1, -0.05) is 23.7 Å². The first kappa shape index (κ1) is 29.6. The third kappa shape index (κ3) is 7.11. The minimum Gasteiger partial charge on any atom is -0.495 e. The molecular weight excluding hydrogens is 554 g/mol. The van der Waals surface area contributed by atoms with Crippen LogP contribution in [0.15, 0.2) is 58.5 Å². The summed E-state index contributed by atoms with van der Waals surface area (Å²) in [5.74, 6) is 0.384. The van der Waals surface area contributed by atoms with E-state index in [0.29, 0.717) is 17.9 Å². The fourth-order valence-corrected chi connectivity index (χ4v) is 5.88. The minimum absolute atomic E-state index is 0.0769. The van der Waals surface area contributed by atoms with Gasteiger partial charge in [-0.3, -0.25) is 0 Å². The van der Waals surface area contributed by atoms with Gasteiger partial charge in [0.15, 0.2) is 25.5 Å². The third-order valence-electron chi connectivity index (χ3n) is 5.43. The van der Waals surface area contributed by atoms with Crippen molar-refractivity contribution in [1.29, 1.82) is 0 Å². The van der Waals surface area contributed by atoms with Gasteiger partial charge in [-0.05, 0) is 38.1 Å². The number of nitrogens with zero attached hydrogens (tertiary/aromatic N) is 2. The van der Waals surface area contributed by atoms with Gasteiger partial charge in [-0.25, -0.2) is 21.8 Å². The number of para-hydroxylation sites is 1. The molecule has 3 rings (SSSR count). The zero-order valence-corrected chi connectivity index (χ0v) is 23.5. The molecule has 1 heterocycles. The Morgan fingerprint density at radius 3 is 2.45 bits per heavy atom. The van der Waals surface area contributed by atoms with Gasteiger partial charge in [0.1, 0.15) is 10.8 Å². The van der Waals surface area contributed by atoms with Crippen LogP contribution in [0.4, 0.5) is 23.1 Å². The molecule has 0 unspecified atom stereocenters. The summed E-state index contributed by atoms with van der Waals surface area (Å²) in [4.78, 5) is 8.73. The summed E-state index contributed by atoms with van der Waals surface area (Å²) in [6.07, 6.45) is 1.35. The standard InChI is InChI=1S/C24H30ClN5O6S2/c1-16(2)38(34,35)22-7-5-4-6-20(22)28-23-18(25)15-27-24(30-23)29-19-9-8-17(14-21(19)36-3)37(32,33)13-11-26-10-12-31/h4-9,14-16,26,31H,10-13H2,1-3H3,(H2,27,28,29,30). The number of anilines is 4.